The molecule has 9 heteroatoms. The third-order valence-electron chi connectivity index (χ3n) is 2.02. The lowest BCUT2D eigenvalue weighted by molar-refractivity contribution is -0.142. The molecule has 1 amide bonds. The zero-order valence-corrected chi connectivity index (χ0v) is 10.6. The molecule has 0 saturated heterocycles. The fraction of sp³-hybridized carbons (Fsp3) is 0.750. The Morgan fingerprint density at radius 2 is 1.88 bits per heavy atom. The summed E-state index contributed by atoms with van der Waals surface area (Å²) in [4.78, 5) is 21.5. The first-order chi connectivity index (χ1) is 7.69. The highest BCUT2D eigenvalue weighted by Gasteiger charge is 2.24. The number of carboxylic acids is 1. The van der Waals surface area contributed by atoms with Gasteiger partial charge in [-0.1, -0.05) is 13.8 Å². The molecule has 17 heavy (non-hydrogen) atoms. The van der Waals surface area contributed by atoms with E-state index in [1.54, 1.807) is 18.6 Å². The molecule has 8 nitrogen and oxygen atoms in total. The van der Waals surface area contributed by atoms with E-state index in [2.05, 4.69) is 4.74 Å². The molecule has 0 aromatic heterocycles. The maximum atomic E-state index is 11.2. The first-order valence-electron chi connectivity index (χ1n) is 4.77. The number of carbonyl (C=O) groups is 2. The highest BCUT2D eigenvalue weighted by molar-refractivity contribution is 7.88. The second kappa shape index (κ2) is 6.40. The van der Waals surface area contributed by atoms with Crippen molar-refractivity contribution in [3.63, 3.8) is 0 Å². The van der Waals surface area contributed by atoms with Crippen molar-refractivity contribution in [1.29, 1.82) is 0 Å². The Morgan fingerprint density at radius 1 is 1.35 bits per heavy atom. The van der Waals surface area contributed by atoms with E-state index in [0.717, 1.165) is 7.11 Å². The van der Waals surface area contributed by atoms with Gasteiger partial charge in [0.1, 0.15) is 0 Å². The number of aliphatic carboxylic acids is 1. The van der Waals surface area contributed by atoms with Gasteiger partial charge in [-0.15, -0.1) is 0 Å². The Labute approximate surface area is 99.5 Å². The Hall–Kier alpha value is -1.35. The summed E-state index contributed by atoms with van der Waals surface area (Å²) in [6, 6.07) is 0. The highest BCUT2D eigenvalue weighted by atomic mass is 32.2. The van der Waals surface area contributed by atoms with E-state index in [4.69, 9.17) is 5.11 Å². The van der Waals surface area contributed by atoms with Gasteiger partial charge in [-0.3, -0.25) is 4.79 Å². The predicted octanol–water partition coefficient (Wildman–Crippen LogP) is -0.466. The number of carbonyl (C=O) groups excluding carboxylic acids is 1. The minimum Gasteiger partial charge on any atom is -0.481 e. The summed E-state index contributed by atoms with van der Waals surface area (Å²) in [7, 11) is -3.08. The van der Waals surface area contributed by atoms with Crippen LogP contribution in [0.4, 0.5) is 4.79 Å². The molecular formula is C8H16N2O6S. The first-order valence-corrected chi connectivity index (χ1v) is 6.26. The van der Waals surface area contributed by atoms with Gasteiger partial charge < -0.3 is 9.84 Å². The van der Waals surface area contributed by atoms with Crippen molar-refractivity contribution < 1.29 is 27.9 Å². The summed E-state index contributed by atoms with van der Waals surface area (Å²) in [5.74, 6) is -2.22. The van der Waals surface area contributed by atoms with Gasteiger partial charge in [-0.2, -0.15) is 13.1 Å². The van der Waals surface area contributed by atoms with E-state index in [9.17, 15) is 18.0 Å². The number of hydrogen-bond acceptors (Lipinski definition) is 5. The van der Waals surface area contributed by atoms with Crippen molar-refractivity contribution in [3.05, 3.63) is 0 Å². The van der Waals surface area contributed by atoms with Crippen LogP contribution >= 0.6 is 0 Å². The van der Waals surface area contributed by atoms with Gasteiger partial charge in [-0.05, 0) is 5.92 Å². The molecule has 0 saturated carbocycles. The smallest absolute Gasteiger partial charge is 0.421 e. The monoisotopic (exact) mass is 268 g/mol. The topological polar surface area (TPSA) is 122 Å². The fourth-order valence-electron chi connectivity index (χ4n) is 0.995. The van der Waals surface area contributed by atoms with Crippen LogP contribution in [0.5, 0.6) is 0 Å². The average molecular weight is 268 g/mol. The lowest BCUT2D eigenvalue weighted by Gasteiger charge is -2.16. The van der Waals surface area contributed by atoms with E-state index in [1.165, 1.54) is 0 Å². The maximum absolute atomic E-state index is 11.2. The molecule has 0 aliphatic rings. The van der Waals surface area contributed by atoms with Crippen LogP contribution in [0.15, 0.2) is 0 Å². The third kappa shape index (κ3) is 6.07. The lowest BCUT2D eigenvalue weighted by Crippen LogP contribution is -2.44. The van der Waals surface area contributed by atoms with E-state index in [0.29, 0.717) is 0 Å². The Bertz CT molecular complexity index is 377. The van der Waals surface area contributed by atoms with Gasteiger partial charge in [0.2, 0.25) is 0 Å². The zero-order valence-electron chi connectivity index (χ0n) is 9.76. The van der Waals surface area contributed by atoms with Gasteiger partial charge in [0.25, 0.3) is 0 Å². The van der Waals surface area contributed by atoms with Crippen molar-refractivity contribution in [2.45, 2.75) is 13.8 Å². The van der Waals surface area contributed by atoms with Gasteiger partial charge in [0.15, 0.2) is 0 Å². The predicted molar refractivity (Wildman–Crippen MR) is 58.4 cm³/mol. The van der Waals surface area contributed by atoms with Crippen molar-refractivity contribution >= 4 is 22.3 Å². The van der Waals surface area contributed by atoms with Gasteiger partial charge in [-0.25, -0.2) is 9.52 Å². The lowest BCUT2D eigenvalue weighted by atomic mass is 9.97. The molecule has 0 fully saturated rings. The molecule has 0 aliphatic heterocycles. The Balaban J connectivity index is 4.44. The largest absolute Gasteiger partial charge is 0.481 e. The van der Waals surface area contributed by atoms with Crippen LogP contribution in [-0.2, 0) is 19.7 Å². The van der Waals surface area contributed by atoms with Crippen molar-refractivity contribution in [1.82, 2.24) is 9.44 Å². The van der Waals surface area contributed by atoms with Crippen LogP contribution in [-0.4, -0.2) is 39.2 Å². The van der Waals surface area contributed by atoms with E-state index < -0.39 is 28.2 Å². The summed E-state index contributed by atoms with van der Waals surface area (Å²) in [5, 5.41) is 8.82. The van der Waals surface area contributed by atoms with Crippen LogP contribution in [0, 0.1) is 11.8 Å². The molecular weight excluding hydrogens is 252 g/mol. The highest BCUT2D eigenvalue weighted by Crippen LogP contribution is 2.09. The van der Waals surface area contributed by atoms with Crippen molar-refractivity contribution in [2.24, 2.45) is 11.8 Å². The molecule has 0 radical (unpaired) electrons. The summed E-state index contributed by atoms with van der Waals surface area (Å²) in [6.07, 6.45) is -1.14. The number of carboxylic acid groups (broad SMARTS) is 1. The number of rotatable bonds is 6. The standard InChI is InChI=1S/C8H16N2O6S/c1-5(2)6(7(11)12)4-9-17(14,15)10-8(13)16-3/h5-6,9H,4H2,1-3H3,(H,10,13)(H,11,12). The van der Waals surface area contributed by atoms with Crippen LogP contribution in [0.3, 0.4) is 0 Å². The molecule has 1 atom stereocenters. The van der Waals surface area contributed by atoms with Crippen LogP contribution in [0.2, 0.25) is 0 Å². The molecule has 0 rings (SSSR count). The van der Waals surface area contributed by atoms with Crippen LogP contribution < -0.4 is 9.44 Å². The zero-order chi connectivity index (χ0) is 13.6. The molecule has 0 spiro atoms. The molecule has 1 unspecified atom stereocenters. The van der Waals surface area contributed by atoms with Gasteiger partial charge in [0.05, 0.1) is 13.0 Å². The number of nitrogens with one attached hydrogen (secondary N) is 2. The summed E-state index contributed by atoms with van der Waals surface area (Å²) in [6.45, 7) is 3.00. The van der Waals surface area contributed by atoms with Crippen LogP contribution in [0.1, 0.15) is 13.8 Å². The number of ether oxygens (including phenoxy) is 1. The number of hydrogen-bond donors (Lipinski definition) is 3. The fourth-order valence-corrected chi connectivity index (χ4v) is 1.77. The molecule has 0 aromatic rings. The van der Waals surface area contributed by atoms with Crippen molar-refractivity contribution in [2.75, 3.05) is 13.7 Å². The van der Waals surface area contributed by atoms with Crippen LogP contribution in [0.25, 0.3) is 0 Å². The SMILES string of the molecule is COC(=O)NS(=O)(=O)NCC(C(=O)O)C(C)C. The second-order valence-electron chi connectivity index (χ2n) is 3.63. The summed E-state index contributed by atoms with van der Waals surface area (Å²) in [5.41, 5.74) is 0. The van der Waals surface area contributed by atoms with Gasteiger partial charge in [0, 0.05) is 6.54 Å². The summed E-state index contributed by atoms with van der Waals surface area (Å²) < 4.78 is 30.1. The molecule has 0 aliphatic carbocycles. The second-order valence-corrected chi connectivity index (χ2v) is 5.13. The summed E-state index contributed by atoms with van der Waals surface area (Å²) >= 11 is 0. The average Bonchev–Trinajstić information content (AvgIpc) is 2.15. The molecule has 0 bridgehead atoms. The first kappa shape index (κ1) is 15.7. The third-order valence-corrected chi connectivity index (χ3v) is 3.00. The molecule has 0 aromatic carbocycles. The molecule has 0 heterocycles. The molecule has 100 valence electrons. The van der Waals surface area contributed by atoms with Gasteiger partial charge >= 0.3 is 22.3 Å². The number of methoxy groups -OCH3 is 1. The Kier molecular flexibility index (Phi) is 5.89. The van der Waals surface area contributed by atoms with E-state index in [1.807, 2.05) is 4.72 Å². The maximum Gasteiger partial charge on any atom is 0.421 e. The quantitative estimate of drug-likeness (QED) is 0.599. The van der Waals surface area contributed by atoms with E-state index in [-0.39, 0.29) is 12.5 Å². The number of amides is 1. The molecule has 3 N–H and O–H groups in total. The van der Waals surface area contributed by atoms with E-state index >= 15 is 0 Å². The minimum atomic E-state index is -4.09. The van der Waals surface area contributed by atoms with Crippen molar-refractivity contribution in [3.8, 4) is 0 Å². The normalized spacial score (nSPS) is 13.2. The Morgan fingerprint density at radius 3 is 2.24 bits per heavy atom. The minimum absolute atomic E-state index is 0.242.